The minimum Gasteiger partial charge on any atom is -0.451 e. The van der Waals surface area contributed by atoms with E-state index in [0.29, 0.717) is 11.1 Å². The third-order valence-electron chi connectivity index (χ3n) is 3.07. The summed E-state index contributed by atoms with van der Waals surface area (Å²) in [6, 6.07) is 14.2. The van der Waals surface area contributed by atoms with E-state index < -0.39 is 12.1 Å². The quantitative estimate of drug-likeness (QED) is 0.447. The van der Waals surface area contributed by atoms with Crippen molar-refractivity contribution in [3.8, 4) is 0 Å². The molecule has 4 heteroatoms. The maximum absolute atomic E-state index is 12.2. The van der Waals surface area contributed by atoms with Crippen LogP contribution in [0.4, 0.5) is 0 Å². The molecule has 0 N–H and O–H groups in total. The monoisotopic (exact) mass is 394 g/mol. The topological polar surface area (TPSA) is 43.4 Å². The largest absolute Gasteiger partial charge is 0.451 e. The first-order valence-electron chi connectivity index (χ1n) is 6.55. The lowest BCUT2D eigenvalue weighted by molar-refractivity contribution is 0.0319. The summed E-state index contributed by atoms with van der Waals surface area (Å²) >= 11 is 2.16. The first-order chi connectivity index (χ1) is 9.97. The normalized spacial score (nSPS) is 11.8. The molecule has 0 unspecified atom stereocenters. The van der Waals surface area contributed by atoms with Crippen LogP contribution in [0.5, 0.6) is 0 Å². The van der Waals surface area contributed by atoms with Crippen molar-refractivity contribution in [1.82, 2.24) is 0 Å². The number of carbonyl (C=O) groups excluding carboxylic acids is 2. The molecule has 0 saturated carbocycles. The molecule has 3 nitrogen and oxygen atoms in total. The predicted octanol–water partition coefficient (Wildman–Crippen LogP) is 4.03. The van der Waals surface area contributed by atoms with E-state index in [0.717, 1.165) is 9.13 Å². The van der Waals surface area contributed by atoms with Gasteiger partial charge in [-0.2, -0.15) is 0 Å². The second-order valence-electron chi connectivity index (χ2n) is 4.78. The van der Waals surface area contributed by atoms with Gasteiger partial charge in [0.25, 0.3) is 0 Å². The van der Waals surface area contributed by atoms with Gasteiger partial charge in [0, 0.05) is 9.13 Å². The van der Waals surface area contributed by atoms with E-state index in [1.807, 2.05) is 31.2 Å². The molecule has 0 aromatic heterocycles. The van der Waals surface area contributed by atoms with E-state index in [-0.39, 0.29) is 5.78 Å². The Morgan fingerprint density at radius 2 is 1.48 bits per heavy atom. The van der Waals surface area contributed by atoms with Gasteiger partial charge in [0.2, 0.25) is 5.78 Å². The van der Waals surface area contributed by atoms with Crippen molar-refractivity contribution in [2.75, 3.05) is 0 Å². The van der Waals surface area contributed by atoms with E-state index in [4.69, 9.17) is 4.74 Å². The summed E-state index contributed by atoms with van der Waals surface area (Å²) in [7, 11) is 0. The molecule has 0 radical (unpaired) electrons. The zero-order valence-corrected chi connectivity index (χ0v) is 14.0. The molecule has 1 atom stereocenters. The second kappa shape index (κ2) is 6.85. The van der Waals surface area contributed by atoms with E-state index in [9.17, 15) is 9.59 Å². The van der Waals surface area contributed by atoms with Gasteiger partial charge >= 0.3 is 5.97 Å². The van der Waals surface area contributed by atoms with Gasteiger partial charge in [-0.15, -0.1) is 0 Å². The van der Waals surface area contributed by atoms with Crippen LogP contribution in [0.1, 0.15) is 33.2 Å². The number of rotatable bonds is 4. The molecule has 108 valence electrons. The fourth-order valence-corrected chi connectivity index (χ4v) is 2.18. The lowest BCUT2D eigenvalue weighted by Gasteiger charge is -2.12. The Kier molecular flexibility index (Phi) is 5.12. The maximum atomic E-state index is 12.2. The number of hydrogen-bond donors (Lipinski definition) is 0. The Morgan fingerprint density at radius 3 is 2.05 bits per heavy atom. The summed E-state index contributed by atoms with van der Waals surface area (Å²) in [5.74, 6) is -0.687. The average molecular weight is 394 g/mol. The molecular formula is C17H15IO3. The van der Waals surface area contributed by atoms with Crippen LogP contribution in [0, 0.1) is 10.5 Å². The second-order valence-corrected chi connectivity index (χ2v) is 6.03. The van der Waals surface area contributed by atoms with Crippen molar-refractivity contribution in [2.24, 2.45) is 0 Å². The molecule has 0 bridgehead atoms. The smallest absolute Gasteiger partial charge is 0.338 e. The summed E-state index contributed by atoms with van der Waals surface area (Å²) in [5.41, 5.74) is 2.07. The molecule has 0 spiro atoms. The number of ether oxygens (including phenoxy) is 1. The van der Waals surface area contributed by atoms with Crippen LogP contribution in [-0.4, -0.2) is 17.9 Å². The van der Waals surface area contributed by atoms with Gasteiger partial charge in [0.15, 0.2) is 6.10 Å². The molecule has 0 saturated heterocycles. The fourth-order valence-electron chi connectivity index (χ4n) is 1.82. The van der Waals surface area contributed by atoms with Gasteiger partial charge in [-0.25, -0.2) is 4.79 Å². The van der Waals surface area contributed by atoms with Gasteiger partial charge < -0.3 is 4.74 Å². The minimum absolute atomic E-state index is 0.200. The number of benzene rings is 2. The number of hydrogen-bond acceptors (Lipinski definition) is 3. The number of esters is 1. The summed E-state index contributed by atoms with van der Waals surface area (Å²) < 4.78 is 6.27. The Balaban J connectivity index is 2.05. The zero-order valence-electron chi connectivity index (χ0n) is 11.8. The lowest BCUT2D eigenvalue weighted by Crippen LogP contribution is -2.24. The molecule has 2 rings (SSSR count). The third kappa shape index (κ3) is 4.14. The van der Waals surface area contributed by atoms with E-state index in [1.54, 1.807) is 31.2 Å². The van der Waals surface area contributed by atoms with E-state index in [1.165, 1.54) is 0 Å². The van der Waals surface area contributed by atoms with Crippen molar-refractivity contribution in [3.05, 3.63) is 68.8 Å². The van der Waals surface area contributed by atoms with Gasteiger partial charge in [-0.05, 0) is 60.7 Å². The predicted molar refractivity (Wildman–Crippen MR) is 89.5 cm³/mol. The van der Waals surface area contributed by atoms with Crippen LogP contribution in [0.25, 0.3) is 0 Å². The van der Waals surface area contributed by atoms with E-state index >= 15 is 0 Å². The number of halogens is 1. The molecule has 0 aliphatic rings. The number of Topliss-reactive ketones (excluding diaryl/α,β-unsaturated/α-hetero) is 1. The van der Waals surface area contributed by atoms with Crippen LogP contribution >= 0.6 is 22.6 Å². The molecule has 2 aromatic carbocycles. The molecule has 2 aromatic rings. The SMILES string of the molecule is Cc1ccc(C(=O)[C@@H](C)OC(=O)c2ccc(I)cc2)cc1. The molecule has 0 aliphatic carbocycles. The number of carbonyl (C=O) groups is 2. The van der Waals surface area contributed by atoms with Crippen molar-refractivity contribution in [1.29, 1.82) is 0 Å². The zero-order chi connectivity index (χ0) is 15.4. The highest BCUT2D eigenvalue weighted by atomic mass is 127. The summed E-state index contributed by atoms with van der Waals surface area (Å²) in [6.45, 7) is 3.54. The number of aryl methyl sites for hydroxylation is 1. The molecular weight excluding hydrogens is 379 g/mol. The van der Waals surface area contributed by atoms with Crippen LogP contribution in [0.3, 0.4) is 0 Å². The summed E-state index contributed by atoms with van der Waals surface area (Å²) in [6.07, 6.45) is -0.806. The molecule has 0 amide bonds. The molecule has 0 heterocycles. The maximum Gasteiger partial charge on any atom is 0.338 e. The highest BCUT2D eigenvalue weighted by molar-refractivity contribution is 14.1. The summed E-state index contributed by atoms with van der Waals surface area (Å²) in [5, 5.41) is 0. The van der Waals surface area contributed by atoms with Crippen LogP contribution in [0.2, 0.25) is 0 Å². The van der Waals surface area contributed by atoms with Gasteiger partial charge in [0.05, 0.1) is 5.56 Å². The van der Waals surface area contributed by atoms with Crippen LogP contribution < -0.4 is 0 Å². The Bertz CT molecular complexity index is 645. The minimum atomic E-state index is -0.806. The van der Waals surface area contributed by atoms with Crippen molar-refractivity contribution >= 4 is 34.3 Å². The standard InChI is InChI=1S/C17H15IO3/c1-11-3-5-13(6-4-11)16(19)12(2)21-17(20)14-7-9-15(18)10-8-14/h3-10,12H,1-2H3/t12-/m1/s1. The molecule has 0 aliphatic heterocycles. The molecule has 21 heavy (non-hydrogen) atoms. The number of ketones is 1. The lowest BCUT2D eigenvalue weighted by atomic mass is 10.1. The highest BCUT2D eigenvalue weighted by Gasteiger charge is 2.20. The molecule has 0 fully saturated rings. The summed E-state index contributed by atoms with van der Waals surface area (Å²) in [4.78, 5) is 24.2. The Morgan fingerprint density at radius 1 is 0.952 bits per heavy atom. The highest BCUT2D eigenvalue weighted by Crippen LogP contribution is 2.12. The van der Waals surface area contributed by atoms with Crippen LogP contribution in [-0.2, 0) is 4.74 Å². The van der Waals surface area contributed by atoms with Gasteiger partial charge in [-0.3, -0.25) is 4.79 Å². The van der Waals surface area contributed by atoms with Gasteiger partial charge in [-0.1, -0.05) is 29.8 Å². The van der Waals surface area contributed by atoms with Crippen molar-refractivity contribution in [2.45, 2.75) is 20.0 Å². The van der Waals surface area contributed by atoms with E-state index in [2.05, 4.69) is 22.6 Å². The average Bonchev–Trinajstić information content (AvgIpc) is 2.47. The third-order valence-corrected chi connectivity index (χ3v) is 3.79. The van der Waals surface area contributed by atoms with Gasteiger partial charge in [0.1, 0.15) is 0 Å². The van der Waals surface area contributed by atoms with Crippen molar-refractivity contribution in [3.63, 3.8) is 0 Å². The Hall–Kier alpha value is -1.69. The first-order valence-corrected chi connectivity index (χ1v) is 7.62. The first kappa shape index (κ1) is 15.7. The van der Waals surface area contributed by atoms with Crippen molar-refractivity contribution < 1.29 is 14.3 Å². The van der Waals surface area contributed by atoms with Crippen LogP contribution in [0.15, 0.2) is 48.5 Å². The fraction of sp³-hybridized carbons (Fsp3) is 0.176. The Labute approximate surface area is 137 Å².